The molecule has 4 nitrogen and oxygen atoms in total. The fourth-order valence-electron chi connectivity index (χ4n) is 1.64. The number of aromatic nitrogens is 1. The molecule has 0 amide bonds. The molecule has 0 spiro atoms. The molecule has 1 heterocycles. The van der Waals surface area contributed by atoms with Crippen molar-refractivity contribution in [1.29, 1.82) is 0 Å². The lowest BCUT2D eigenvalue weighted by Gasteiger charge is -2.00. The average molecular weight is 229 g/mol. The van der Waals surface area contributed by atoms with E-state index in [1.807, 2.05) is 0 Å². The highest BCUT2D eigenvalue weighted by Gasteiger charge is 2.15. The first-order chi connectivity index (χ1) is 8.13. The lowest BCUT2D eigenvalue weighted by atomic mass is 10.1. The predicted molar refractivity (Wildman–Crippen MR) is 62.3 cm³/mol. The number of carbonyl (C=O) groups is 2. The molecule has 0 aliphatic heterocycles. The molecule has 0 saturated carbocycles. The second-order valence-electron chi connectivity index (χ2n) is 3.73. The molecular weight excluding hydrogens is 218 g/mol. The van der Waals surface area contributed by atoms with Crippen LogP contribution in [0.15, 0.2) is 36.5 Å². The van der Waals surface area contributed by atoms with Crippen LogP contribution in [0.4, 0.5) is 0 Å². The number of phenolic OH excluding ortho intramolecular Hbond substituents is 1. The number of carbonyl (C=O) groups excluding carboxylic acids is 2. The van der Waals surface area contributed by atoms with E-state index in [1.165, 1.54) is 12.1 Å². The van der Waals surface area contributed by atoms with Crippen LogP contribution in [0.3, 0.4) is 0 Å². The molecule has 4 heteroatoms. The van der Waals surface area contributed by atoms with Gasteiger partial charge in [0.05, 0.1) is 11.3 Å². The zero-order valence-electron chi connectivity index (χ0n) is 9.25. The van der Waals surface area contributed by atoms with Gasteiger partial charge in [0.25, 0.3) is 0 Å². The van der Waals surface area contributed by atoms with Gasteiger partial charge in [-0.25, -0.2) is 0 Å². The van der Waals surface area contributed by atoms with Crippen molar-refractivity contribution in [2.45, 2.75) is 0 Å². The lowest BCUT2D eigenvalue weighted by molar-refractivity contribution is 0.103. The summed E-state index contributed by atoms with van der Waals surface area (Å²) in [4.78, 5) is 22.7. The van der Waals surface area contributed by atoms with Crippen LogP contribution >= 0.6 is 0 Å². The molecule has 0 radical (unpaired) electrons. The first-order valence-electron chi connectivity index (χ1n) is 5.07. The Morgan fingerprint density at radius 3 is 2.65 bits per heavy atom. The Hall–Kier alpha value is -2.36. The van der Waals surface area contributed by atoms with E-state index in [2.05, 4.69) is 0 Å². The summed E-state index contributed by atoms with van der Waals surface area (Å²) in [5, 5.41) is 9.58. The van der Waals surface area contributed by atoms with Crippen molar-refractivity contribution in [3.05, 3.63) is 53.3 Å². The zero-order chi connectivity index (χ0) is 12.4. The van der Waals surface area contributed by atoms with Crippen LogP contribution in [0.2, 0.25) is 0 Å². The van der Waals surface area contributed by atoms with Crippen LogP contribution in [0.25, 0.3) is 0 Å². The lowest BCUT2D eigenvalue weighted by Crippen LogP contribution is -2.00. The highest BCUT2D eigenvalue weighted by Crippen LogP contribution is 2.20. The van der Waals surface area contributed by atoms with Gasteiger partial charge in [0, 0.05) is 18.8 Å². The normalized spacial score (nSPS) is 10.2. The zero-order valence-corrected chi connectivity index (χ0v) is 9.25. The van der Waals surface area contributed by atoms with Crippen molar-refractivity contribution in [3.8, 4) is 5.75 Å². The topological polar surface area (TPSA) is 59.3 Å². The number of phenols is 1. The van der Waals surface area contributed by atoms with Crippen molar-refractivity contribution in [3.63, 3.8) is 0 Å². The van der Waals surface area contributed by atoms with E-state index in [-0.39, 0.29) is 17.1 Å². The summed E-state index contributed by atoms with van der Waals surface area (Å²) in [5.74, 6) is -0.360. The van der Waals surface area contributed by atoms with E-state index in [1.54, 1.807) is 36.0 Å². The van der Waals surface area contributed by atoms with E-state index < -0.39 is 0 Å². The van der Waals surface area contributed by atoms with Gasteiger partial charge in [0.1, 0.15) is 5.75 Å². The monoisotopic (exact) mass is 229 g/mol. The number of rotatable bonds is 3. The molecule has 0 aliphatic carbocycles. The molecule has 0 aliphatic rings. The van der Waals surface area contributed by atoms with Crippen molar-refractivity contribution < 1.29 is 14.7 Å². The van der Waals surface area contributed by atoms with Gasteiger partial charge >= 0.3 is 0 Å². The first-order valence-corrected chi connectivity index (χ1v) is 5.07. The Bertz CT molecular complexity index is 584. The Morgan fingerprint density at radius 1 is 1.35 bits per heavy atom. The maximum atomic E-state index is 12.1. The van der Waals surface area contributed by atoms with Crippen LogP contribution in [0.1, 0.15) is 26.4 Å². The van der Waals surface area contributed by atoms with Gasteiger partial charge in [-0.2, -0.15) is 0 Å². The van der Waals surface area contributed by atoms with Gasteiger partial charge in [-0.3, -0.25) is 9.59 Å². The fourth-order valence-corrected chi connectivity index (χ4v) is 1.64. The van der Waals surface area contributed by atoms with Crippen LogP contribution in [0, 0.1) is 0 Å². The van der Waals surface area contributed by atoms with Gasteiger partial charge in [0.2, 0.25) is 0 Å². The van der Waals surface area contributed by atoms with E-state index in [0.29, 0.717) is 17.5 Å². The summed E-state index contributed by atoms with van der Waals surface area (Å²) >= 11 is 0. The summed E-state index contributed by atoms with van der Waals surface area (Å²) in [6.45, 7) is 0. The second kappa shape index (κ2) is 4.25. The van der Waals surface area contributed by atoms with E-state index >= 15 is 0 Å². The molecule has 0 fully saturated rings. The minimum absolute atomic E-state index is 0.0611. The minimum Gasteiger partial charge on any atom is -0.507 e. The van der Waals surface area contributed by atoms with E-state index in [0.717, 1.165) is 0 Å². The molecule has 2 aromatic rings. The summed E-state index contributed by atoms with van der Waals surface area (Å²) in [5.41, 5.74) is 1.04. The largest absolute Gasteiger partial charge is 0.507 e. The molecule has 0 saturated heterocycles. The number of aryl methyl sites for hydroxylation is 1. The molecule has 0 atom stereocenters. The summed E-state index contributed by atoms with van der Waals surface area (Å²) in [6, 6.07) is 7.83. The highest BCUT2D eigenvalue weighted by molar-refractivity contribution is 6.11. The SMILES string of the molecule is Cn1cc(C(=O)c2ccccc2O)cc1C=O. The first kappa shape index (κ1) is 11.1. The Morgan fingerprint density at radius 2 is 2.06 bits per heavy atom. The van der Waals surface area contributed by atoms with Crippen molar-refractivity contribution in [2.75, 3.05) is 0 Å². The van der Waals surface area contributed by atoms with Gasteiger partial charge in [0.15, 0.2) is 12.1 Å². The third-order valence-electron chi connectivity index (χ3n) is 2.58. The van der Waals surface area contributed by atoms with Gasteiger partial charge in [-0.05, 0) is 18.2 Å². The second-order valence-corrected chi connectivity index (χ2v) is 3.73. The molecule has 0 unspecified atom stereocenters. The number of para-hydroxylation sites is 1. The predicted octanol–water partition coefficient (Wildman–Crippen LogP) is 1.77. The molecule has 86 valence electrons. The molecule has 0 bridgehead atoms. The molecule has 17 heavy (non-hydrogen) atoms. The Balaban J connectivity index is 2.44. The molecular formula is C13H11NO3. The van der Waals surface area contributed by atoms with Crippen LogP contribution < -0.4 is 0 Å². The van der Waals surface area contributed by atoms with Crippen LogP contribution in [-0.4, -0.2) is 21.7 Å². The minimum atomic E-state index is -0.299. The number of aldehydes is 1. The van der Waals surface area contributed by atoms with Gasteiger partial charge in [-0.1, -0.05) is 12.1 Å². The average Bonchev–Trinajstić information content (AvgIpc) is 2.70. The third-order valence-corrected chi connectivity index (χ3v) is 2.58. The van der Waals surface area contributed by atoms with Gasteiger partial charge < -0.3 is 9.67 Å². The van der Waals surface area contributed by atoms with E-state index in [4.69, 9.17) is 0 Å². The smallest absolute Gasteiger partial charge is 0.198 e. The standard InChI is InChI=1S/C13H11NO3/c1-14-7-9(6-10(14)8-15)13(17)11-4-2-3-5-12(11)16/h2-8,16H,1H3. The Kier molecular flexibility index (Phi) is 2.78. The third kappa shape index (κ3) is 1.97. The summed E-state index contributed by atoms with van der Waals surface area (Å²) in [7, 11) is 1.69. The number of benzene rings is 1. The quantitative estimate of drug-likeness (QED) is 0.644. The van der Waals surface area contributed by atoms with Crippen molar-refractivity contribution >= 4 is 12.1 Å². The molecule has 1 aromatic heterocycles. The van der Waals surface area contributed by atoms with Crippen molar-refractivity contribution in [2.24, 2.45) is 7.05 Å². The Labute approximate surface area is 98.1 Å². The summed E-state index contributed by atoms with van der Waals surface area (Å²) in [6.07, 6.45) is 2.25. The number of nitrogens with zero attached hydrogens (tertiary/aromatic N) is 1. The number of hydrogen-bond donors (Lipinski definition) is 1. The van der Waals surface area contributed by atoms with Gasteiger partial charge in [-0.15, -0.1) is 0 Å². The number of aromatic hydroxyl groups is 1. The highest BCUT2D eigenvalue weighted by atomic mass is 16.3. The maximum absolute atomic E-state index is 12.1. The molecule has 1 N–H and O–H groups in total. The maximum Gasteiger partial charge on any atom is 0.198 e. The fraction of sp³-hybridized carbons (Fsp3) is 0.0769. The van der Waals surface area contributed by atoms with Crippen LogP contribution in [-0.2, 0) is 7.05 Å². The molecule has 1 aromatic carbocycles. The molecule has 2 rings (SSSR count). The summed E-state index contributed by atoms with van der Waals surface area (Å²) < 4.78 is 1.57. The van der Waals surface area contributed by atoms with E-state index in [9.17, 15) is 14.7 Å². The van der Waals surface area contributed by atoms with Crippen LogP contribution in [0.5, 0.6) is 5.75 Å². The number of ketones is 1. The number of hydrogen-bond acceptors (Lipinski definition) is 3. The van der Waals surface area contributed by atoms with Crippen molar-refractivity contribution in [1.82, 2.24) is 4.57 Å².